The molecule has 0 aliphatic heterocycles. The molecule has 0 aromatic heterocycles. The van der Waals surface area contributed by atoms with Gasteiger partial charge in [-0.1, -0.05) is 35.9 Å². The van der Waals surface area contributed by atoms with Crippen LogP contribution in [0.3, 0.4) is 0 Å². The SMILES string of the molecule is C[C@H](Oc1ccccc1)C(=O)NNC(=O)c1cccc(Cl)c1. The Balaban J connectivity index is 1.85. The van der Waals surface area contributed by atoms with Crippen LogP contribution in [0.15, 0.2) is 54.6 Å². The minimum atomic E-state index is -0.748. The van der Waals surface area contributed by atoms with Crippen LogP contribution in [0.4, 0.5) is 0 Å². The summed E-state index contributed by atoms with van der Waals surface area (Å²) in [6, 6.07) is 15.4. The fourth-order valence-corrected chi connectivity index (χ4v) is 1.87. The summed E-state index contributed by atoms with van der Waals surface area (Å²) in [5.41, 5.74) is 4.98. The number of ether oxygens (including phenoxy) is 1. The molecule has 0 radical (unpaired) electrons. The third kappa shape index (κ3) is 4.49. The Labute approximate surface area is 133 Å². The van der Waals surface area contributed by atoms with Crippen molar-refractivity contribution in [3.8, 4) is 5.75 Å². The highest BCUT2D eigenvalue weighted by atomic mass is 35.5. The number of rotatable bonds is 4. The maximum Gasteiger partial charge on any atom is 0.279 e. The van der Waals surface area contributed by atoms with Gasteiger partial charge >= 0.3 is 0 Å². The maximum absolute atomic E-state index is 11.9. The second-order valence-corrected chi connectivity index (χ2v) is 4.96. The number of benzene rings is 2. The van der Waals surface area contributed by atoms with Gasteiger partial charge in [0.15, 0.2) is 6.10 Å². The van der Waals surface area contributed by atoms with Gasteiger partial charge in [-0.05, 0) is 37.3 Å². The molecule has 0 heterocycles. The van der Waals surface area contributed by atoms with Crippen molar-refractivity contribution in [2.45, 2.75) is 13.0 Å². The van der Waals surface area contributed by atoms with Crippen molar-refractivity contribution in [1.29, 1.82) is 0 Å². The molecular weight excluding hydrogens is 304 g/mol. The van der Waals surface area contributed by atoms with Gasteiger partial charge in [0.25, 0.3) is 11.8 Å². The monoisotopic (exact) mass is 318 g/mol. The van der Waals surface area contributed by atoms with Crippen LogP contribution >= 0.6 is 11.6 Å². The fraction of sp³-hybridized carbons (Fsp3) is 0.125. The normalized spacial score (nSPS) is 11.4. The Morgan fingerprint density at radius 1 is 1.05 bits per heavy atom. The van der Waals surface area contributed by atoms with Gasteiger partial charge in [-0.15, -0.1) is 0 Å². The van der Waals surface area contributed by atoms with E-state index in [9.17, 15) is 9.59 Å². The topological polar surface area (TPSA) is 67.4 Å². The van der Waals surface area contributed by atoms with Crippen LogP contribution in [0.1, 0.15) is 17.3 Å². The molecule has 22 heavy (non-hydrogen) atoms. The van der Waals surface area contributed by atoms with E-state index in [1.807, 2.05) is 6.07 Å². The first-order valence-corrected chi connectivity index (χ1v) is 7.01. The Bertz CT molecular complexity index is 661. The molecule has 0 bridgehead atoms. The molecule has 0 aliphatic carbocycles. The van der Waals surface area contributed by atoms with Crippen LogP contribution in [0.25, 0.3) is 0 Å². The Morgan fingerprint density at radius 3 is 2.45 bits per heavy atom. The average molecular weight is 319 g/mol. The van der Waals surface area contributed by atoms with Crippen molar-refractivity contribution >= 4 is 23.4 Å². The van der Waals surface area contributed by atoms with E-state index >= 15 is 0 Å². The number of carbonyl (C=O) groups is 2. The summed E-state index contributed by atoms with van der Waals surface area (Å²) in [6.45, 7) is 1.59. The van der Waals surface area contributed by atoms with E-state index in [4.69, 9.17) is 16.3 Å². The van der Waals surface area contributed by atoms with Crippen LogP contribution in [0.2, 0.25) is 5.02 Å². The summed E-state index contributed by atoms with van der Waals surface area (Å²) < 4.78 is 5.45. The molecule has 2 amide bonds. The van der Waals surface area contributed by atoms with E-state index in [2.05, 4.69) is 10.9 Å². The van der Waals surface area contributed by atoms with Crippen LogP contribution in [-0.4, -0.2) is 17.9 Å². The predicted molar refractivity (Wildman–Crippen MR) is 83.6 cm³/mol. The molecule has 114 valence electrons. The molecule has 2 N–H and O–H groups in total. The first-order valence-electron chi connectivity index (χ1n) is 6.64. The lowest BCUT2D eigenvalue weighted by molar-refractivity contribution is -0.128. The second-order valence-electron chi connectivity index (χ2n) is 4.53. The largest absolute Gasteiger partial charge is 0.481 e. The molecule has 1 atom stereocenters. The zero-order valence-corrected chi connectivity index (χ0v) is 12.6. The Morgan fingerprint density at radius 2 is 1.77 bits per heavy atom. The van der Waals surface area contributed by atoms with E-state index < -0.39 is 17.9 Å². The number of carbonyl (C=O) groups excluding carboxylic acids is 2. The van der Waals surface area contributed by atoms with Crippen molar-refractivity contribution in [2.75, 3.05) is 0 Å². The standard InChI is InChI=1S/C16H15ClN2O3/c1-11(22-14-8-3-2-4-9-14)15(20)18-19-16(21)12-6-5-7-13(17)10-12/h2-11H,1H3,(H,18,20)(H,19,21)/t11-/m0/s1. The number of hydrazine groups is 1. The highest BCUT2D eigenvalue weighted by molar-refractivity contribution is 6.30. The van der Waals surface area contributed by atoms with E-state index in [0.717, 1.165) is 0 Å². The molecule has 0 saturated carbocycles. The van der Waals surface area contributed by atoms with E-state index in [1.165, 1.54) is 6.07 Å². The number of para-hydroxylation sites is 1. The zero-order valence-electron chi connectivity index (χ0n) is 11.9. The average Bonchev–Trinajstić information content (AvgIpc) is 2.53. The van der Waals surface area contributed by atoms with Crippen molar-refractivity contribution in [2.24, 2.45) is 0 Å². The summed E-state index contributed by atoms with van der Waals surface area (Å²) in [6.07, 6.45) is -0.748. The first kappa shape index (κ1) is 15.9. The van der Waals surface area contributed by atoms with Gasteiger partial charge < -0.3 is 4.74 Å². The fourth-order valence-electron chi connectivity index (χ4n) is 1.68. The van der Waals surface area contributed by atoms with E-state index in [1.54, 1.807) is 49.4 Å². The van der Waals surface area contributed by atoms with Gasteiger partial charge in [-0.25, -0.2) is 0 Å². The quantitative estimate of drug-likeness (QED) is 0.851. The van der Waals surface area contributed by atoms with E-state index in [0.29, 0.717) is 16.3 Å². The lowest BCUT2D eigenvalue weighted by atomic mass is 10.2. The molecule has 0 saturated heterocycles. The molecule has 2 aromatic carbocycles. The highest BCUT2D eigenvalue weighted by Gasteiger charge is 2.15. The number of hydrogen-bond donors (Lipinski definition) is 2. The number of halogens is 1. The smallest absolute Gasteiger partial charge is 0.279 e. The van der Waals surface area contributed by atoms with Gasteiger partial charge in [0.05, 0.1) is 0 Å². The highest BCUT2D eigenvalue weighted by Crippen LogP contribution is 2.11. The maximum atomic E-state index is 11.9. The van der Waals surface area contributed by atoms with Gasteiger partial charge in [-0.3, -0.25) is 20.4 Å². The molecule has 0 spiro atoms. The van der Waals surface area contributed by atoms with Crippen molar-refractivity contribution in [3.05, 3.63) is 65.2 Å². The van der Waals surface area contributed by atoms with Gasteiger partial charge in [0.2, 0.25) is 0 Å². The molecule has 2 rings (SSSR count). The Kier molecular flexibility index (Phi) is 5.38. The lowest BCUT2D eigenvalue weighted by Crippen LogP contribution is -2.47. The minimum absolute atomic E-state index is 0.351. The lowest BCUT2D eigenvalue weighted by Gasteiger charge is -2.15. The first-order chi connectivity index (χ1) is 10.6. The zero-order chi connectivity index (χ0) is 15.9. The minimum Gasteiger partial charge on any atom is -0.481 e. The molecule has 0 fully saturated rings. The van der Waals surface area contributed by atoms with Crippen LogP contribution in [0.5, 0.6) is 5.75 Å². The predicted octanol–water partition coefficient (Wildman–Crippen LogP) is 2.57. The molecule has 0 unspecified atom stereocenters. The van der Waals surface area contributed by atoms with Crippen LogP contribution in [0, 0.1) is 0 Å². The molecule has 2 aromatic rings. The summed E-state index contributed by atoms with van der Waals surface area (Å²) in [4.78, 5) is 23.7. The van der Waals surface area contributed by atoms with Crippen molar-refractivity contribution < 1.29 is 14.3 Å². The molecule has 6 heteroatoms. The summed E-state index contributed by atoms with van der Waals surface area (Å²) in [7, 11) is 0. The van der Waals surface area contributed by atoms with Crippen molar-refractivity contribution in [1.82, 2.24) is 10.9 Å². The molecule has 0 aliphatic rings. The third-order valence-corrected chi connectivity index (χ3v) is 3.05. The van der Waals surface area contributed by atoms with Crippen molar-refractivity contribution in [3.63, 3.8) is 0 Å². The molecule has 5 nitrogen and oxygen atoms in total. The summed E-state index contributed by atoms with van der Waals surface area (Å²) >= 11 is 5.81. The van der Waals surface area contributed by atoms with Gasteiger partial charge in [0.1, 0.15) is 5.75 Å². The van der Waals surface area contributed by atoms with E-state index in [-0.39, 0.29) is 0 Å². The van der Waals surface area contributed by atoms with Gasteiger partial charge in [0, 0.05) is 10.6 Å². The van der Waals surface area contributed by atoms with Gasteiger partial charge in [-0.2, -0.15) is 0 Å². The third-order valence-electron chi connectivity index (χ3n) is 2.81. The van der Waals surface area contributed by atoms with Crippen LogP contribution < -0.4 is 15.6 Å². The Hall–Kier alpha value is -2.53. The number of hydrogen-bond acceptors (Lipinski definition) is 3. The summed E-state index contributed by atoms with van der Waals surface area (Å²) in [5.74, 6) is -0.340. The summed E-state index contributed by atoms with van der Waals surface area (Å²) in [5, 5.41) is 0.444. The molecular formula is C16H15ClN2O3. The number of nitrogens with one attached hydrogen (secondary N) is 2. The van der Waals surface area contributed by atoms with Crippen LogP contribution in [-0.2, 0) is 4.79 Å². The second kappa shape index (κ2) is 7.47. The number of amides is 2.